The highest BCUT2D eigenvalue weighted by Gasteiger charge is 2.17. The first-order valence-electron chi connectivity index (χ1n) is 21.3. The minimum absolute atomic E-state index is 1.09. The van der Waals surface area contributed by atoms with Crippen molar-refractivity contribution in [3.05, 3.63) is 243 Å². The second kappa shape index (κ2) is 14.8. The molecule has 0 fully saturated rings. The maximum atomic E-state index is 2.38. The molecule has 1 heterocycles. The molecular formula is C60H40N2. The lowest BCUT2D eigenvalue weighted by Gasteiger charge is -2.26. The van der Waals surface area contributed by atoms with Crippen molar-refractivity contribution in [3.8, 4) is 39.1 Å². The third-order valence-corrected chi connectivity index (χ3v) is 12.6. The Morgan fingerprint density at radius 2 is 0.694 bits per heavy atom. The Balaban J connectivity index is 0.938. The van der Waals surface area contributed by atoms with E-state index in [0.29, 0.717) is 0 Å². The Morgan fingerprint density at radius 1 is 0.258 bits per heavy atom. The lowest BCUT2D eigenvalue weighted by molar-refractivity contribution is 1.17. The summed E-state index contributed by atoms with van der Waals surface area (Å²) in [6.07, 6.45) is 0. The number of anilines is 3. The molecule has 0 aliphatic carbocycles. The molecular weight excluding hydrogens is 749 g/mol. The van der Waals surface area contributed by atoms with Gasteiger partial charge in [-0.2, -0.15) is 0 Å². The molecule has 0 bridgehead atoms. The van der Waals surface area contributed by atoms with Gasteiger partial charge in [0.1, 0.15) is 0 Å². The predicted octanol–water partition coefficient (Wildman–Crippen LogP) is 16.7. The summed E-state index contributed by atoms with van der Waals surface area (Å²) < 4.78 is 2.38. The summed E-state index contributed by atoms with van der Waals surface area (Å²) >= 11 is 0. The average molecular weight is 789 g/mol. The van der Waals surface area contributed by atoms with E-state index >= 15 is 0 Å². The van der Waals surface area contributed by atoms with Crippen LogP contribution in [0.5, 0.6) is 0 Å². The van der Waals surface area contributed by atoms with E-state index in [1.54, 1.807) is 0 Å². The van der Waals surface area contributed by atoms with Crippen LogP contribution in [0.1, 0.15) is 0 Å². The summed E-state index contributed by atoms with van der Waals surface area (Å²) in [6, 6.07) is 88.4. The number of benzene rings is 11. The third-order valence-electron chi connectivity index (χ3n) is 12.6. The third kappa shape index (κ3) is 6.12. The van der Waals surface area contributed by atoms with Gasteiger partial charge in [-0.3, -0.25) is 0 Å². The van der Waals surface area contributed by atoms with Crippen LogP contribution in [0.25, 0.3) is 93.2 Å². The van der Waals surface area contributed by atoms with E-state index in [9.17, 15) is 0 Å². The number of rotatable bonds is 7. The molecule has 0 amide bonds. The maximum absolute atomic E-state index is 2.38. The van der Waals surface area contributed by atoms with Gasteiger partial charge in [-0.05, 0) is 145 Å². The molecule has 0 aliphatic rings. The fourth-order valence-corrected chi connectivity index (χ4v) is 9.52. The van der Waals surface area contributed by atoms with Gasteiger partial charge in [-0.1, -0.05) is 164 Å². The molecule has 0 atom stereocenters. The van der Waals surface area contributed by atoms with Crippen molar-refractivity contribution in [2.24, 2.45) is 0 Å². The van der Waals surface area contributed by atoms with Crippen LogP contribution in [0.2, 0.25) is 0 Å². The normalized spacial score (nSPS) is 11.5. The van der Waals surface area contributed by atoms with Crippen molar-refractivity contribution in [2.45, 2.75) is 0 Å². The predicted molar refractivity (Wildman–Crippen MR) is 264 cm³/mol. The van der Waals surface area contributed by atoms with Crippen LogP contribution in [-0.2, 0) is 0 Å². The average Bonchev–Trinajstić information content (AvgIpc) is 3.69. The Bertz CT molecular complexity index is 3550. The Hall–Kier alpha value is -8.20. The van der Waals surface area contributed by atoms with Crippen molar-refractivity contribution in [2.75, 3.05) is 4.90 Å². The van der Waals surface area contributed by atoms with E-state index in [4.69, 9.17) is 0 Å². The molecule has 0 radical (unpaired) electrons. The first-order valence-corrected chi connectivity index (χ1v) is 21.3. The van der Waals surface area contributed by atoms with E-state index < -0.39 is 0 Å². The van der Waals surface area contributed by atoms with E-state index in [0.717, 1.165) is 22.7 Å². The van der Waals surface area contributed by atoms with Gasteiger partial charge < -0.3 is 9.47 Å². The van der Waals surface area contributed by atoms with Crippen molar-refractivity contribution in [1.29, 1.82) is 0 Å². The Morgan fingerprint density at radius 3 is 1.29 bits per heavy atom. The number of aromatic nitrogens is 1. The van der Waals surface area contributed by atoms with Gasteiger partial charge in [0.2, 0.25) is 0 Å². The number of hydrogen-bond acceptors (Lipinski definition) is 1. The van der Waals surface area contributed by atoms with Crippen LogP contribution in [0, 0.1) is 0 Å². The molecule has 0 saturated carbocycles. The zero-order valence-electron chi connectivity index (χ0n) is 34.0. The van der Waals surface area contributed by atoms with Crippen LogP contribution in [0.3, 0.4) is 0 Å². The molecule has 1 aromatic heterocycles. The summed E-state index contributed by atoms with van der Waals surface area (Å²) in [7, 11) is 0. The standard InChI is InChI=1S/C60H40N2/c1-2-12-41(13-3-1)44-22-24-47-39-45(23-25-46(47)38-44)42-26-30-49(31-27-42)61(51-34-36-52(37-35-51)62-59-20-10-8-18-56(59)57-19-9-11-21-60(57)62)50-32-28-43(29-33-50)58-40-48-14-4-5-15-53(48)54-16-6-7-17-55(54)58/h1-40H. The zero-order chi connectivity index (χ0) is 41.0. The monoisotopic (exact) mass is 788 g/mol. The molecule has 62 heavy (non-hydrogen) atoms. The first kappa shape index (κ1) is 35.7. The van der Waals surface area contributed by atoms with Crippen molar-refractivity contribution < 1.29 is 0 Å². The van der Waals surface area contributed by atoms with Gasteiger partial charge in [0.25, 0.3) is 0 Å². The highest BCUT2D eigenvalue weighted by Crippen LogP contribution is 2.41. The van der Waals surface area contributed by atoms with Crippen molar-refractivity contribution in [3.63, 3.8) is 0 Å². The summed E-state index contributed by atoms with van der Waals surface area (Å²) in [6.45, 7) is 0. The minimum atomic E-state index is 1.09. The molecule has 2 heteroatoms. The number of nitrogens with zero attached hydrogens (tertiary/aromatic N) is 2. The molecule has 11 aromatic carbocycles. The molecule has 12 aromatic rings. The zero-order valence-corrected chi connectivity index (χ0v) is 34.0. The van der Waals surface area contributed by atoms with Crippen molar-refractivity contribution >= 4 is 71.2 Å². The van der Waals surface area contributed by atoms with Crippen LogP contribution in [0.4, 0.5) is 17.1 Å². The van der Waals surface area contributed by atoms with Crippen molar-refractivity contribution in [1.82, 2.24) is 4.57 Å². The van der Waals surface area contributed by atoms with E-state index in [2.05, 4.69) is 252 Å². The summed E-state index contributed by atoms with van der Waals surface area (Å²) in [5.74, 6) is 0. The molecule has 0 aliphatic heterocycles. The van der Waals surface area contributed by atoms with E-state index in [1.807, 2.05) is 0 Å². The number of para-hydroxylation sites is 2. The molecule has 290 valence electrons. The van der Waals surface area contributed by atoms with Gasteiger partial charge in [0.15, 0.2) is 0 Å². The smallest absolute Gasteiger partial charge is 0.0541 e. The quantitative estimate of drug-likeness (QED) is 0.146. The van der Waals surface area contributed by atoms with Crippen LogP contribution in [0.15, 0.2) is 243 Å². The summed E-state index contributed by atoms with van der Waals surface area (Å²) in [4.78, 5) is 2.37. The molecule has 2 nitrogen and oxygen atoms in total. The number of fused-ring (bicyclic) bond motifs is 7. The second-order valence-corrected chi connectivity index (χ2v) is 16.1. The second-order valence-electron chi connectivity index (χ2n) is 16.1. The van der Waals surface area contributed by atoms with Gasteiger partial charge >= 0.3 is 0 Å². The molecule has 0 N–H and O–H groups in total. The Kier molecular flexibility index (Phi) is 8.53. The molecule has 0 spiro atoms. The summed E-state index contributed by atoms with van der Waals surface area (Å²) in [5.41, 5.74) is 14.1. The summed E-state index contributed by atoms with van der Waals surface area (Å²) in [5, 5.41) is 10.1. The van der Waals surface area contributed by atoms with Crippen LogP contribution >= 0.6 is 0 Å². The molecule has 12 rings (SSSR count). The van der Waals surface area contributed by atoms with Gasteiger partial charge in [-0.15, -0.1) is 0 Å². The van der Waals surface area contributed by atoms with Crippen LogP contribution in [-0.4, -0.2) is 4.57 Å². The minimum Gasteiger partial charge on any atom is -0.311 e. The highest BCUT2D eigenvalue weighted by atomic mass is 15.1. The lowest BCUT2D eigenvalue weighted by atomic mass is 9.93. The fraction of sp³-hybridized carbons (Fsp3) is 0. The van der Waals surface area contributed by atoms with Crippen LogP contribution < -0.4 is 4.90 Å². The highest BCUT2D eigenvalue weighted by molar-refractivity contribution is 6.14. The topological polar surface area (TPSA) is 8.17 Å². The first-order chi connectivity index (χ1) is 30.7. The molecule has 0 saturated heterocycles. The fourth-order valence-electron chi connectivity index (χ4n) is 9.52. The Labute approximate surface area is 360 Å². The molecule has 0 unspecified atom stereocenters. The lowest BCUT2D eigenvalue weighted by Crippen LogP contribution is -2.10. The van der Waals surface area contributed by atoms with Gasteiger partial charge in [-0.25, -0.2) is 0 Å². The van der Waals surface area contributed by atoms with E-state index in [-0.39, 0.29) is 0 Å². The van der Waals surface area contributed by atoms with Gasteiger partial charge in [0, 0.05) is 33.5 Å². The van der Waals surface area contributed by atoms with Gasteiger partial charge in [0.05, 0.1) is 11.0 Å². The maximum Gasteiger partial charge on any atom is 0.0541 e. The van der Waals surface area contributed by atoms with E-state index in [1.165, 1.54) is 87.5 Å². The number of hydrogen-bond donors (Lipinski definition) is 0. The SMILES string of the molecule is c1ccc(-c2ccc3cc(-c4ccc(N(c5ccc(-c6cc7ccccc7c7ccccc67)cc5)c5ccc(-n6c7ccccc7c7ccccc76)cc5)cc4)ccc3c2)cc1. The largest absolute Gasteiger partial charge is 0.311 e.